The molecule has 0 aliphatic heterocycles. The molecule has 0 aliphatic rings. The molecule has 0 atom stereocenters. The van der Waals surface area contributed by atoms with Crippen LogP contribution < -0.4 is 10.6 Å². The quantitative estimate of drug-likeness (QED) is 0.713. The Morgan fingerprint density at radius 2 is 1.57 bits per heavy atom. The van der Waals surface area contributed by atoms with Crippen LogP contribution >= 0.6 is 0 Å². The van der Waals surface area contributed by atoms with Gasteiger partial charge in [0.05, 0.1) is 6.61 Å². The smallest absolute Gasteiger partial charge is 0.407 e. The number of benzene rings is 2. The third-order valence-corrected chi connectivity index (χ3v) is 3.89. The molecule has 2 rings (SSSR count). The topological polar surface area (TPSA) is 76.7 Å². The second-order valence-electron chi connectivity index (χ2n) is 7.31. The lowest BCUT2D eigenvalue weighted by Gasteiger charge is -2.20. The predicted molar refractivity (Wildman–Crippen MR) is 109 cm³/mol. The molecule has 0 unspecified atom stereocenters. The summed E-state index contributed by atoms with van der Waals surface area (Å²) in [5.41, 5.74) is 2.60. The lowest BCUT2D eigenvalue weighted by molar-refractivity contribution is 0.0523. The summed E-state index contributed by atoms with van der Waals surface area (Å²) < 4.78 is 10.3. The van der Waals surface area contributed by atoms with Crippen LogP contribution in [0.4, 0.5) is 4.79 Å². The minimum atomic E-state index is -0.559. The molecule has 2 aromatic rings. The van der Waals surface area contributed by atoms with Crippen LogP contribution in [0.25, 0.3) is 11.1 Å². The summed E-state index contributed by atoms with van der Waals surface area (Å²) in [6.07, 6.45) is -0.479. The summed E-state index contributed by atoms with van der Waals surface area (Å²) in [6, 6.07) is 15.1. The second kappa shape index (κ2) is 9.90. The number of rotatable bonds is 7. The van der Waals surface area contributed by atoms with E-state index in [1.807, 2.05) is 63.2 Å². The van der Waals surface area contributed by atoms with E-state index < -0.39 is 11.7 Å². The van der Waals surface area contributed by atoms with E-state index in [1.54, 1.807) is 13.2 Å². The largest absolute Gasteiger partial charge is 0.444 e. The van der Waals surface area contributed by atoms with Crippen molar-refractivity contribution >= 4 is 12.0 Å². The summed E-state index contributed by atoms with van der Waals surface area (Å²) in [5, 5.41) is 5.63. The summed E-state index contributed by atoms with van der Waals surface area (Å²) in [4.78, 5) is 24.6. The Kier molecular flexibility index (Phi) is 7.58. The van der Waals surface area contributed by atoms with E-state index in [1.165, 1.54) is 0 Å². The molecule has 0 bridgehead atoms. The van der Waals surface area contributed by atoms with Gasteiger partial charge in [0.1, 0.15) is 5.60 Å². The number of carbonyl (C=O) groups is 2. The average molecular weight is 384 g/mol. The Labute approximate surface area is 166 Å². The van der Waals surface area contributed by atoms with Gasteiger partial charge in [0, 0.05) is 25.8 Å². The summed E-state index contributed by atoms with van der Waals surface area (Å²) in [7, 11) is 1.59. The first-order chi connectivity index (χ1) is 13.3. The molecule has 0 saturated heterocycles. The first-order valence-corrected chi connectivity index (χ1v) is 9.23. The summed E-state index contributed by atoms with van der Waals surface area (Å²) >= 11 is 0. The normalized spacial score (nSPS) is 11.0. The number of ether oxygens (including phenoxy) is 2. The highest BCUT2D eigenvalue weighted by atomic mass is 16.6. The highest BCUT2D eigenvalue weighted by Crippen LogP contribution is 2.27. The Balaban J connectivity index is 2.22. The Bertz CT molecular complexity index is 812. The van der Waals surface area contributed by atoms with Gasteiger partial charge in [0.2, 0.25) is 0 Å². The predicted octanol–water partition coefficient (Wildman–Crippen LogP) is 3.75. The number of alkyl carbamates (subject to hydrolysis) is 1. The Morgan fingerprint density at radius 3 is 2.25 bits per heavy atom. The van der Waals surface area contributed by atoms with E-state index >= 15 is 0 Å². The number of carbonyl (C=O) groups excluding carboxylic acids is 2. The van der Waals surface area contributed by atoms with Crippen LogP contribution in [0.15, 0.2) is 48.5 Å². The van der Waals surface area contributed by atoms with Gasteiger partial charge in [-0.2, -0.15) is 0 Å². The van der Waals surface area contributed by atoms with Crippen LogP contribution in [0.3, 0.4) is 0 Å². The van der Waals surface area contributed by atoms with Crippen molar-refractivity contribution in [3.05, 3.63) is 59.7 Å². The number of hydrogen-bond donors (Lipinski definition) is 2. The first kappa shape index (κ1) is 21.4. The fourth-order valence-corrected chi connectivity index (χ4v) is 2.70. The van der Waals surface area contributed by atoms with Crippen molar-refractivity contribution in [1.82, 2.24) is 10.6 Å². The molecule has 0 aliphatic carbocycles. The van der Waals surface area contributed by atoms with Crippen molar-refractivity contribution < 1.29 is 19.1 Å². The molecule has 0 fully saturated rings. The lowest BCUT2D eigenvalue weighted by Crippen LogP contribution is -2.32. The maximum Gasteiger partial charge on any atom is 0.407 e. The van der Waals surface area contributed by atoms with Gasteiger partial charge in [0.15, 0.2) is 0 Å². The lowest BCUT2D eigenvalue weighted by atomic mass is 9.95. The molecule has 6 nitrogen and oxygen atoms in total. The molecular formula is C22H28N2O4. The van der Waals surface area contributed by atoms with E-state index in [2.05, 4.69) is 10.6 Å². The van der Waals surface area contributed by atoms with Gasteiger partial charge in [-0.05, 0) is 43.5 Å². The zero-order chi connectivity index (χ0) is 20.6. The van der Waals surface area contributed by atoms with Crippen molar-refractivity contribution in [2.45, 2.75) is 32.9 Å². The maximum atomic E-state index is 12.6. The van der Waals surface area contributed by atoms with Gasteiger partial charge in [-0.15, -0.1) is 0 Å². The van der Waals surface area contributed by atoms with Crippen LogP contribution in [0.2, 0.25) is 0 Å². The highest BCUT2D eigenvalue weighted by Gasteiger charge is 2.17. The average Bonchev–Trinajstić information content (AvgIpc) is 2.65. The van der Waals surface area contributed by atoms with Crippen molar-refractivity contribution in [3.63, 3.8) is 0 Å². The number of methoxy groups -OCH3 is 1. The van der Waals surface area contributed by atoms with Crippen molar-refractivity contribution in [2.24, 2.45) is 0 Å². The van der Waals surface area contributed by atoms with Crippen molar-refractivity contribution in [2.75, 3.05) is 20.3 Å². The standard InChI is InChI=1S/C22H28N2O4/c1-22(2,3)28-21(26)24-15-16-9-5-6-10-17(16)18-11-7-8-12-19(18)20(25)23-13-14-27-4/h5-12H,13-15H2,1-4H3,(H,23,25)(H,24,26). The van der Waals surface area contributed by atoms with Crippen molar-refractivity contribution in [3.8, 4) is 11.1 Å². The molecule has 150 valence electrons. The van der Waals surface area contributed by atoms with E-state index in [-0.39, 0.29) is 5.91 Å². The fraction of sp³-hybridized carbons (Fsp3) is 0.364. The van der Waals surface area contributed by atoms with E-state index in [0.717, 1.165) is 16.7 Å². The van der Waals surface area contributed by atoms with E-state index in [9.17, 15) is 9.59 Å². The Hall–Kier alpha value is -2.86. The van der Waals surface area contributed by atoms with Gasteiger partial charge in [-0.3, -0.25) is 4.79 Å². The second-order valence-corrected chi connectivity index (χ2v) is 7.31. The summed E-state index contributed by atoms with van der Waals surface area (Å²) in [5.74, 6) is -0.164. The zero-order valence-corrected chi connectivity index (χ0v) is 16.9. The van der Waals surface area contributed by atoms with Crippen molar-refractivity contribution in [1.29, 1.82) is 0 Å². The third kappa shape index (κ3) is 6.39. The van der Waals surface area contributed by atoms with E-state index in [0.29, 0.717) is 25.3 Å². The van der Waals surface area contributed by atoms with Crippen LogP contribution in [-0.4, -0.2) is 37.9 Å². The van der Waals surface area contributed by atoms with Gasteiger partial charge in [-0.1, -0.05) is 42.5 Å². The number of amides is 2. The van der Waals surface area contributed by atoms with Crippen LogP contribution in [0.5, 0.6) is 0 Å². The fourth-order valence-electron chi connectivity index (χ4n) is 2.70. The molecule has 2 N–H and O–H groups in total. The number of nitrogens with one attached hydrogen (secondary N) is 2. The minimum Gasteiger partial charge on any atom is -0.444 e. The molecule has 28 heavy (non-hydrogen) atoms. The number of hydrogen-bond acceptors (Lipinski definition) is 4. The minimum absolute atomic E-state index is 0.164. The SMILES string of the molecule is COCCNC(=O)c1ccccc1-c1ccccc1CNC(=O)OC(C)(C)C. The molecule has 0 heterocycles. The molecule has 2 aromatic carbocycles. The van der Waals surface area contributed by atoms with Gasteiger partial charge in [0.25, 0.3) is 5.91 Å². The highest BCUT2D eigenvalue weighted by molar-refractivity contribution is 6.01. The molecule has 0 saturated carbocycles. The molecule has 0 spiro atoms. The molecule has 0 radical (unpaired) electrons. The molecule has 6 heteroatoms. The van der Waals surface area contributed by atoms with E-state index in [4.69, 9.17) is 9.47 Å². The van der Waals surface area contributed by atoms with Crippen LogP contribution in [0.1, 0.15) is 36.7 Å². The summed E-state index contributed by atoms with van der Waals surface area (Å²) in [6.45, 7) is 6.64. The van der Waals surface area contributed by atoms with Gasteiger partial charge < -0.3 is 20.1 Å². The van der Waals surface area contributed by atoms with Crippen LogP contribution in [-0.2, 0) is 16.0 Å². The molecular weight excluding hydrogens is 356 g/mol. The molecule has 0 aromatic heterocycles. The van der Waals surface area contributed by atoms with Crippen LogP contribution in [0, 0.1) is 0 Å². The Morgan fingerprint density at radius 1 is 0.929 bits per heavy atom. The molecule has 2 amide bonds. The van der Waals surface area contributed by atoms with Gasteiger partial charge in [-0.25, -0.2) is 4.79 Å². The maximum absolute atomic E-state index is 12.6. The zero-order valence-electron chi connectivity index (χ0n) is 16.9. The first-order valence-electron chi connectivity index (χ1n) is 9.23. The third-order valence-electron chi connectivity index (χ3n) is 3.89. The van der Waals surface area contributed by atoms with Gasteiger partial charge >= 0.3 is 6.09 Å². The monoisotopic (exact) mass is 384 g/mol.